The maximum Gasteiger partial charge on any atom is 0.305 e. The summed E-state index contributed by atoms with van der Waals surface area (Å²) in [6.45, 7) is 2.55. The minimum Gasteiger partial charge on any atom is -0.466 e. The molecule has 2 rings (SSSR count). The molecule has 8 heteroatoms. The molecule has 0 radical (unpaired) electrons. The molecule has 0 aliphatic carbocycles. The van der Waals surface area contributed by atoms with Gasteiger partial charge < -0.3 is 14.5 Å². The predicted molar refractivity (Wildman–Crippen MR) is 99.2 cm³/mol. The van der Waals surface area contributed by atoms with Crippen molar-refractivity contribution in [2.24, 2.45) is 0 Å². The van der Waals surface area contributed by atoms with Gasteiger partial charge in [-0.3, -0.25) is 9.59 Å². The third-order valence-electron chi connectivity index (χ3n) is 3.50. The number of hydrogen-bond donors (Lipinski definition) is 1. The van der Waals surface area contributed by atoms with Crippen LogP contribution in [0.25, 0.3) is 11.3 Å². The SMILES string of the molecule is CCOC(=O)CCCNC(=O)CCc1ncc(-c2ccc(Cl)cc2Cl)o1. The summed E-state index contributed by atoms with van der Waals surface area (Å²) in [5.74, 6) is 0.595. The first-order valence-corrected chi connectivity index (χ1v) is 9.07. The number of rotatable bonds is 9. The number of nitrogens with one attached hydrogen (secondary N) is 1. The monoisotopic (exact) mass is 398 g/mol. The summed E-state index contributed by atoms with van der Waals surface area (Å²) in [7, 11) is 0. The van der Waals surface area contributed by atoms with Crippen LogP contribution < -0.4 is 5.32 Å². The quantitative estimate of drug-likeness (QED) is 0.509. The number of esters is 1. The number of amides is 1. The molecule has 0 bridgehead atoms. The van der Waals surface area contributed by atoms with Gasteiger partial charge in [0.1, 0.15) is 0 Å². The van der Waals surface area contributed by atoms with Gasteiger partial charge in [-0.25, -0.2) is 4.98 Å². The molecule has 1 N–H and O–H groups in total. The average molecular weight is 399 g/mol. The molecule has 26 heavy (non-hydrogen) atoms. The van der Waals surface area contributed by atoms with Crippen molar-refractivity contribution in [3.8, 4) is 11.3 Å². The number of aromatic nitrogens is 1. The molecule has 2 aromatic rings. The van der Waals surface area contributed by atoms with Crippen LogP contribution in [0.1, 0.15) is 32.1 Å². The lowest BCUT2D eigenvalue weighted by atomic mass is 10.2. The molecule has 0 atom stereocenters. The number of hydrogen-bond acceptors (Lipinski definition) is 5. The highest BCUT2D eigenvalue weighted by Crippen LogP contribution is 2.30. The number of carbonyl (C=O) groups is 2. The van der Waals surface area contributed by atoms with Crippen molar-refractivity contribution in [3.05, 3.63) is 40.3 Å². The molecule has 1 aromatic heterocycles. The number of aryl methyl sites for hydroxylation is 1. The normalized spacial score (nSPS) is 10.6. The average Bonchev–Trinajstić information content (AvgIpc) is 3.06. The second-order valence-electron chi connectivity index (χ2n) is 5.50. The summed E-state index contributed by atoms with van der Waals surface area (Å²) in [6, 6.07) is 5.10. The molecular weight excluding hydrogens is 379 g/mol. The van der Waals surface area contributed by atoms with E-state index < -0.39 is 0 Å². The van der Waals surface area contributed by atoms with Crippen LogP contribution in [-0.2, 0) is 20.7 Å². The van der Waals surface area contributed by atoms with Crippen LogP contribution in [0.5, 0.6) is 0 Å². The molecule has 1 heterocycles. The lowest BCUT2D eigenvalue weighted by Crippen LogP contribution is -2.25. The molecule has 0 saturated carbocycles. The highest BCUT2D eigenvalue weighted by molar-refractivity contribution is 6.36. The Morgan fingerprint density at radius 2 is 2.08 bits per heavy atom. The maximum atomic E-state index is 11.8. The topological polar surface area (TPSA) is 81.4 Å². The first-order chi connectivity index (χ1) is 12.5. The van der Waals surface area contributed by atoms with Crippen molar-refractivity contribution in [3.63, 3.8) is 0 Å². The van der Waals surface area contributed by atoms with E-state index >= 15 is 0 Å². The van der Waals surface area contributed by atoms with E-state index in [2.05, 4.69) is 10.3 Å². The number of carbonyl (C=O) groups excluding carboxylic acids is 2. The number of benzene rings is 1. The van der Waals surface area contributed by atoms with Gasteiger partial charge >= 0.3 is 5.97 Å². The lowest BCUT2D eigenvalue weighted by Gasteiger charge is -2.04. The molecule has 0 aliphatic rings. The van der Waals surface area contributed by atoms with Gasteiger partial charge in [0.05, 0.1) is 17.8 Å². The summed E-state index contributed by atoms with van der Waals surface area (Å²) in [5.41, 5.74) is 0.693. The number of ether oxygens (including phenoxy) is 1. The Morgan fingerprint density at radius 3 is 2.81 bits per heavy atom. The van der Waals surface area contributed by atoms with Gasteiger partial charge in [0, 0.05) is 36.4 Å². The summed E-state index contributed by atoms with van der Waals surface area (Å²) >= 11 is 12.0. The number of halogens is 2. The van der Waals surface area contributed by atoms with Gasteiger partial charge in [-0.1, -0.05) is 23.2 Å². The fraction of sp³-hybridized carbons (Fsp3) is 0.389. The van der Waals surface area contributed by atoms with Gasteiger partial charge in [-0.15, -0.1) is 0 Å². The Balaban J connectivity index is 1.75. The maximum absolute atomic E-state index is 11.8. The van der Waals surface area contributed by atoms with Crippen molar-refractivity contribution in [1.82, 2.24) is 10.3 Å². The smallest absolute Gasteiger partial charge is 0.305 e. The largest absolute Gasteiger partial charge is 0.466 e. The van der Waals surface area contributed by atoms with Gasteiger partial charge in [-0.2, -0.15) is 0 Å². The summed E-state index contributed by atoms with van der Waals surface area (Å²) < 4.78 is 10.5. The fourth-order valence-electron chi connectivity index (χ4n) is 2.24. The zero-order valence-corrected chi connectivity index (χ0v) is 15.9. The standard InChI is InChI=1S/C18H20Cl2N2O4/c1-2-25-18(24)4-3-9-21-16(23)7-8-17-22-11-15(26-17)13-6-5-12(19)10-14(13)20/h5-6,10-11H,2-4,7-9H2,1H3,(H,21,23). The van der Waals surface area contributed by atoms with Gasteiger partial charge in [0.15, 0.2) is 11.7 Å². The van der Waals surface area contributed by atoms with Crippen LogP contribution in [0.3, 0.4) is 0 Å². The van der Waals surface area contributed by atoms with Gasteiger partial charge in [0.25, 0.3) is 0 Å². The Labute approximate surface area is 161 Å². The first kappa shape index (κ1) is 20.3. The molecule has 0 aliphatic heterocycles. The Hall–Kier alpha value is -2.05. The van der Waals surface area contributed by atoms with Gasteiger partial charge in [0.2, 0.25) is 5.91 Å². The van der Waals surface area contributed by atoms with E-state index in [4.69, 9.17) is 32.4 Å². The molecule has 140 valence electrons. The predicted octanol–water partition coefficient (Wildman–Crippen LogP) is 4.04. The number of nitrogens with zero attached hydrogens (tertiary/aromatic N) is 1. The third-order valence-corrected chi connectivity index (χ3v) is 4.05. The molecule has 0 fully saturated rings. The zero-order valence-electron chi connectivity index (χ0n) is 14.4. The van der Waals surface area contributed by atoms with E-state index in [0.717, 1.165) is 0 Å². The van der Waals surface area contributed by atoms with E-state index in [0.29, 0.717) is 59.7 Å². The molecule has 1 aromatic carbocycles. The fourth-order valence-corrected chi connectivity index (χ4v) is 2.74. The van der Waals surface area contributed by atoms with Crippen LogP contribution in [0.4, 0.5) is 0 Å². The van der Waals surface area contributed by atoms with Crippen molar-refractivity contribution in [2.75, 3.05) is 13.2 Å². The van der Waals surface area contributed by atoms with E-state index in [-0.39, 0.29) is 18.3 Å². The third kappa shape index (κ3) is 6.35. The highest BCUT2D eigenvalue weighted by atomic mass is 35.5. The van der Waals surface area contributed by atoms with Crippen LogP contribution in [-0.4, -0.2) is 30.0 Å². The minimum atomic E-state index is -0.255. The Bertz CT molecular complexity index is 761. The Morgan fingerprint density at radius 1 is 1.27 bits per heavy atom. The van der Waals surface area contributed by atoms with Crippen LogP contribution in [0, 0.1) is 0 Å². The van der Waals surface area contributed by atoms with E-state index in [1.165, 1.54) is 0 Å². The van der Waals surface area contributed by atoms with Crippen LogP contribution >= 0.6 is 23.2 Å². The van der Waals surface area contributed by atoms with Gasteiger partial charge in [-0.05, 0) is 31.5 Å². The molecule has 0 spiro atoms. The lowest BCUT2D eigenvalue weighted by molar-refractivity contribution is -0.143. The molecule has 0 saturated heterocycles. The summed E-state index contributed by atoms with van der Waals surface area (Å²) in [4.78, 5) is 27.2. The summed E-state index contributed by atoms with van der Waals surface area (Å²) in [6.07, 6.45) is 3.02. The first-order valence-electron chi connectivity index (χ1n) is 8.32. The van der Waals surface area contributed by atoms with E-state index in [1.54, 1.807) is 31.3 Å². The van der Waals surface area contributed by atoms with Crippen LogP contribution in [0.2, 0.25) is 10.0 Å². The Kier molecular flexibility index (Phi) is 7.94. The minimum absolute atomic E-state index is 0.127. The molecule has 1 amide bonds. The molecular formula is C18H20Cl2N2O4. The van der Waals surface area contributed by atoms with Crippen LogP contribution in [0.15, 0.2) is 28.8 Å². The van der Waals surface area contributed by atoms with Crippen molar-refractivity contribution >= 4 is 35.1 Å². The number of oxazole rings is 1. The molecule has 6 nitrogen and oxygen atoms in total. The highest BCUT2D eigenvalue weighted by Gasteiger charge is 2.12. The van der Waals surface area contributed by atoms with E-state index in [1.807, 2.05) is 0 Å². The summed E-state index contributed by atoms with van der Waals surface area (Å²) in [5, 5.41) is 3.76. The second-order valence-corrected chi connectivity index (χ2v) is 6.34. The van der Waals surface area contributed by atoms with Crippen molar-refractivity contribution in [1.29, 1.82) is 0 Å². The zero-order chi connectivity index (χ0) is 18.9. The van der Waals surface area contributed by atoms with Crippen molar-refractivity contribution in [2.45, 2.75) is 32.6 Å². The van der Waals surface area contributed by atoms with Crippen molar-refractivity contribution < 1.29 is 18.7 Å². The molecule has 0 unspecified atom stereocenters. The second kappa shape index (κ2) is 10.2. The van der Waals surface area contributed by atoms with E-state index in [9.17, 15) is 9.59 Å².